The van der Waals surface area contributed by atoms with E-state index in [1.165, 1.54) is 0 Å². The molecule has 2 rings (SSSR count). The highest BCUT2D eigenvalue weighted by Crippen LogP contribution is 2.18. The zero-order valence-electron chi connectivity index (χ0n) is 19.5. The number of nitrogens with one attached hydrogen (secondary N) is 3. The number of amides is 3. The number of anilines is 2. The molecule has 0 saturated carbocycles. The van der Waals surface area contributed by atoms with Gasteiger partial charge < -0.3 is 10.2 Å². The highest BCUT2D eigenvalue weighted by molar-refractivity contribution is 5.96. The van der Waals surface area contributed by atoms with E-state index in [2.05, 4.69) is 34.9 Å². The molecule has 2 aromatic rings. The summed E-state index contributed by atoms with van der Waals surface area (Å²) >= 11 is 0. The number of nitrogens with zero attached hydrogens (tertiary/aromatic N) is 2. The van der Waals surface area contributed by atoms with E-state index < -0.39 is 11.8 Å². The van der Waals surface area contributed by atoms with E-state index in [-0.39, 0.29) is 19.0 Å². The number of benzene rings is 2. The Morgan fingerprint density at radius 3 is 2.09 bits per heavy atom. The molecule has 8 heteroatoms. The molecule has 3 amide bonds. The summed E-state index contributed by atoms with van der Waals surface area (Å²) in [5.74, 6) is -1.04. The SMILES string of the molecule is CCN(CC)c1ccc(C(=O)NNC(=O)CN(C)CC(=O)Nc2cccc(C)c2C)cc1. The Hall–Kier alpha value is -3.39. The lowest BCUT2D eigenvalue weighted by Crippen LogP contribution is -2.46. The first-order chi connectivity index (χ1) is 15.2. The summed E-state index contributed by atoms with van der Waals surface area (Å²) in [7, 11) is 1.66. The molecule has 0 radical (unpaired) electrons. The fourth-order valence-electron chi connectivity index (χ4n) is 3.27. The maximum absolute atomic E-state index is 12.3. The minimum atomic E-state index is -0.417. The van der Waals surface area contributed by atoms with Crippen LogP contribution >= 0.6 is 0 Å². The molecule has 0 bridgehead atoms. The van der Waals surface area contributed by atoms with Crippen molar-refractivity contribution in [2.24, 2.45) is 0 Å². The Bertz CT molecular complexity index is 939. The predicted octanol–water partition coefficient (Wildman–Crippen LogP) is 2.48. The van der Waals surface area contributed by atoms with Crippen molar-refractivity contribution in [3.8, 4) is 0 Å². The van der Waals surface area contributed by atoms with E-state index in [1.54, 1.807) is 24.1 Å². The molecule has 0 aromatic heterocycles. The molecule has 0 aliphatic heterocycles. The van der Waals surface area contributed by atoms with Gasteiger partial charge in [0.2, 0.25) is 5.91 Å². The number of hydrogen-bond donors (Lipinski definition) is 3. The minimum absolute atomic E-state index is 0.0403. The molecule has 32 heavy (non-hydrogen) atoms. The van der Waals surface area contributed by atoms with Crippen molar-refractivity contribution < 1.29 is 14.4 Å². The van der Waals surface area contributed by atoms with Gasteiger partial charge in [-0.05, 0) is 76.2 Å². The molecular weight excluding hydrogens is 406 g/mol. The van der Waals surface area contributed by atoms with Crippen LogP contribution in [0.15, 0.2) is 42.5 Å². The summed E-state index contributed by atoms with van der Waals surface area (Å²) in [6, 6.07) is 12.9. The fraction of sp³-hybridized carbons (Fsp3) is 0.375. The van der Waals surface area contributed by atoms with Crippen LogP contribution in [-0.4, -0.2) is 55.8 Å². The second-order valence-electron chi connectivity index (χ2n) is 7.69. The third-order valence-corrected chi connectivity index (χ3v) is 5.28. The summed E-state index contributed by atoms with van der Waals surface area (Å²) in [5, 5.41) is 2.86. The lowest BCUT2D eigenvalue weighted by Gasteiger charge is -2.21. The van der Waals surface area contributed by atoms with E-state index in [0.29, 0.717) is 5.56 Å². The Labute approximate surface area is 189 Å². The van der Waals surface area contributed by atoms with Crippen LogP contribution < -0.4 is 21.1 Å². The lowest BCUT2D eigenvalue weighted by atomic mass is 10.1. The standard InChI is InChI=1S/C24H33N5O3/c1-6-29(7-2)20-13-11-19(12-14-20)24(32)27-26-23(31)16-28(5)15-22(30)25-21-10-8-9-17(3)18(21)4/h8-14H,6-7,15-16H2,1-5H3,(H,25,30)(H,26,31)(H,27,32). The van der Waals surface area contributed by atoms with Gasteiger partial charge in [-0.2, -0.15) is 0 Å². The van der Waals surface area contributed by atoms with Crippen LogP contribution in [-0.2, 0) is 9.59 Å². The van der Waals surface area contributed by atoms with Crippen LogP contribution in [0.2, 0.25) is 0 Å². The first-order valence-electron chi connectivity index (χ1n) is 10.7. The Kier molecular flexibility index (Phi) is 9.22. The normalized spacial score (nSPS) is 10.6. The molecule has 172 valence electrons. The van der Waals surface area contributed by atoms with E-state index in [1.807, 2.05) is 44.2 Å². The molecule has 0 heterocycles. The summed E-state index contributed by atoms with van der Waals surface area (Å²) in [6.45, 7) is 9.84. The van der Waals surface area contributed by atoms with Crippen molar-refractivity contribution in [3.05, 3.63) is 59.2 Å². The molecule has 0 aliphatic carbocycles. The van der Waals surface area contributed by atoms with Gasteiger partial charge >= 0.3 is 0 Å². The Balaban J connectivity index is 1.78. The summed E-state index contributed by atoms with van der Waals surface area (Å²) in [4.78, 5) is 40.4. The van der Waals surface area contributed by atoms with Gasteiger partial charge in [0.25, 0.3) is 11.8 Å². The summed E-state index contributed by atoms with van der Waals surface area (Å²) < 4.78 is 0. The quantitative estimate of drug-likeness (QED) is 0.522. The van der Waals surface area contributed by atoms with Gasteiger partial charge in [0.05, 0.1) is 13.1 Å². The van der Waals surface area contributed by atoms with E-state index in [4.69, 9.17) is 0 Å². The zero-order chi connectivity index (χ0) is 23.7. The Morgan fingerprint density at radius 2 is 1.47 bits per heavy atom. The molecule has 0 spiro atoms. The Morgan fingerprint density at radius 1 is 0.844 bits per heavy atom. The summed E-state index contributed by atoms with van der Waals surface area (Å²) in [5.41, 5.74) is 9.14. The van der Waals surface area contributed by atoms with Gasteiger partial charge in [0.15, 0.2) is 0 Å². The summed E-state index contributed by atoms with van der Waals surface area (Å²) in [6.07, 6.45) is 0. The predicted molar refractivity (Wildman–Crippen MR) is 128 cm³/mol. The first kappa shape index (κ1) is 24.9. The van der Waals surface area contributed by atoms with Gasteiger partial charge in [0, 0.05) is 30.0 Å². The maximum Gasteiger partial charge on any atom is 0.269 e. The van der Waals surface area contributed by atoms with Crippen LogP contribution in [0.3, 0.4) is 0 Å². The van der Waals surface area contributed by atoms with Gasteiger partial charge in [-0.3, -0.25) is 30.1 Å². The number of carbonyl (C=O) groups is 3. The van der Waals surface area contributed by atoms with E-state index >= 15 is 0 Å². The molecule has 0 atom stereocenters. The lowest BCUT2D eigenvalue weighted by molar-refractivity contribution is -0.123. The number of hydrogen-bond acceptors (Lipinski definition) is 5. The van der Waals surface area contributed by atoms with Crippen LogP contribution in [0, 0.1) is 13.8 Å². The number of carbonyl (C=O) groups excluding carboxylic acids is 3. The topological polar surface area (TPSA) is 93.8 Å². The third-order valence-electron chi connectivity index (χ3n) is 5.28. The molecule has 0 fully saturated rings. The third kappa shape index (κ3) is 7.09. The van der Waals surface area contributed by atoms with Gasteiger partial charge in [0.1, 0.15) is 0 Å². The largest absolute Gasteiger partial charge is 0.372 e. The highest BCUT2D eigenvalue weighted by atomic mass is 16.2. The van der Waals surface area contributed by atoms with Crippen molar-refractivity contribution in [3.63, 3.8) is 0 Å². The van der Waals surface area contributed by atoms with Crippen molar-refractivity contribution in [1.29, 1.82) is 0 Å². The molecular formula is C24H33N5O3. The average molecular weight is 440 g/mol. The monoisotopic (exact) mass is 439 g/mol. The molecule has 0 unspecified atom stereocenters. The molecule has 2 aromatic carbocycles. The van der Waals surface area contributed by atoms with E-state index in [9.17, 15) is 14.4 Å². The van der Waals surface area contributed by atoms with Crippen molar-refractivity contribution in [2.45, 2.75) is 27.7 Å². The minimum Gasteiger partial charge on any atom is -0.372 e. The number of hydrazine groups is 1. The van der Waals surface area contributed by atoms with Gasteiger partial charge in [-0.25, -0.2) is 0 Å². The molecule has 3 N–H and O–H groups in total. The van der Waals surface area contributed by atoms with Gasteiger partial charge in [-0.15, -0.1) is 0 Å². The zero-order valence-corrected chi connectivity index (χ0v) is 19.5. The van der Waals surface area contributed by atoms with Crippen LogP contribution in [0.5, 0.6) is 0 Å². The smallest absolute Gasteiger partial charge is 0.269 e. The van der Waals surface area contributed by atoms with Crippen molar-refractivity contribution in [2.75, 3.05) is 43.4 Å². The fourth-order valence-corrected chi connectivity index (χ4v) is 3.27. The van der Waals surface area contributed by atoms with Crippen LogP contribution in [0.1, 0.15) is 35.3 Å². The van der Waals surface area contributed by atoms with Crippen LogP contribution in [0.25, 0.3) is 0 Å². The maximum atomic E-state index is 12.3. The molecule has 0 saturated heterocycles. The molecule has 8 nitrogen and oxygen atoms in total. The number of rotatable bonds is 9. The van der Waals surface area contributed by atoms with Crippen molar-refractivity contribution in [1.82, 2.24) is 15.8 Å². The molecule has 0 aliphatic rings. The van der Waals surface area contributed by atoms with Crippen LogP contribution in [0.4, 0.5) is 11.4 Å². The second kappa shape index (κ2) is 11.9. The van der Waals surface area contributed by atoms with Crippen molar-refractivity contribution >= 4 is 29.1 Å². The number of aryl methyl sites for hydroxylation is 1. The number of likely N-dealkylation sites (N-methyl/N-ethyl adjacent to an activating group) is 1. The highest BCUT2D eigenvalue weighted by Gasteiger charge is 2.13. The van der Waals surface area contributed by atoms with E-state index in [0.717, 1.165) is 35.6 Å². The van der Waals surface area contributed by atoms with Gasteiger partial charge in [-0.1, -0.05) is 12.1 Å². The average Bonchev–Trinajstić information content (AvgIpc) is 2.76. The second-order valence-corrected chi connectivity index (χ2v) is 7.69. The first-order valence-corrected chi connectivity index (χ1v) is 10.7.